The number of carbonyl (C=O) groups is 2. The zero-order valence-electron chi connectivity index (χ0n) is 12.4. The molecule has 0 unspecified atom stereocenters. The first-order chi connectivity index (χ1) is 9.93. The molecule has 0 aliphatic carbocycles. The number of hydrogen-bond acceptors (Lipinski definition) is 2. The van der Waals surface area contributed by atoms with E-state index < -0.39 is 5.41 Å². The van der Waals surface area contributed by atoms with E-state index >= 15 is 0 Å². The molecule has 3 heteroatoms. The molecule has 0 saturated carbocycles. The summed E-state index contributed by atoms with van der Waals surface area (Å²) >= 11 is 0. The molecule has 0 N–H and O–H groups in total. The minimum absolute atomic E-state index is 0.119. The third-order valence-electron chi connectivity index (χ3n) is 3.95. The molecule has 2 aromatic rings. The highest BCUT2D eigenvalue weighted by Gasteiger charge is 2.46. The van der Waals surface area contributed by atoms with Crippen LogP contribution >= 0.6 is 0 Å². The predicted octanol–water partition coefficient (Wildman–Crippen LogP) is 3.88. The number of Topliss-reactive ketones (excluding diaryl/α,β-unsaturated/α-hetero) is 1. The van der Waals surface area contributed by atoms with Crippen LogP contribution in [0.1, 0.15) is 29.8 Å². The highest BCUT2D eigenvalue weighted by atomic mass is 16.2. The number of nitrogens with zero attached hydrogens (tertiary/aromatic N) is 1. The molecule has 106 valence electrons. The van der Waals surface area contributed by atoms with Gasteiger partial charge in [-0.25, -0.2) is 0 Å². The van der Waals surface area contributed by atoms with Gasteiger partial charge >= 0.3 is 0 Å². The summed E-state index contributed by atoms with van der Waals surface area (Å²) < 4.78 is 0. The summed E-state index contributed by atoms with van der Waals surface area (Å²) in [5.74, 6) is -0.302. The minimum Gasteiger partial charge on any atom is -0.293 e. The lowest BCUT2D eigenvalue weighted by molar-refractivity contribution is -0.124. The zero-order chi connectivity index (χ0) is 15.2. The van der Waals surface area contributed by atoms with Crippen molar-refractivity contribution in [1.82, 2.24) is 0 Å². The van der Waals surface area contributed by atoms with Crippen molar-refractivity contribution in [2.45, 2.75) is 20.8 Å². The standard InChI is InChI=1S/C18H17NO2/c1-12-7-6-8-13(11-12)19-15-10-5-4-9-14(15)16(20)18(2,3)17(19)21/h4-11H,1-3H3. The first-order valence-corrected chi connectivity index (χ1v) is 6.98. The topological polar surface area (TPSA) is 37.4 Å². The van der Waals surface area contributed by atoms with Gasteiger partial charge in [-0.2, -0.15) is 0 Å². The average Bonchev–Trinajstić information content (AvgIpc) is 2.46. The maximum absolute atomic E-state index is 12.8. The maximum Gasteiger partial charge on any atom is 0.245 e. The van der Waals surface area contributed by atoms with Crippen molar-refractivity contribution in [2.24, 2.45) is 5.41 Å². The van der Waals surface area contributed by atoms with Gasteiger partial charge in [0.05, 0.1) is 5.69 Å². The summed E-state index contributed by atoms with van der Waals surface area (Å²) in [6.45, 7) is 5.37. The van der Waals surface area contributed by atoms with E-state index in [4.69, 9.17) is 0 Å². The molecule has 3 rings (SSSR count). The van der Waals surface area contributed by atoms with Gasteiger partial charge in [0.15, 0.2) is 5.78 Å². The van der Waals surface area contributed by atoms with E-state index in [0.29, 0.717) is 11.3 Å². The third-order valence-corrected chi connectivity index (χ3v) is 3.95. The lowest BCUT2D eigenvalue weighted by atomic mass is 9.78. The molecule has 1 aliphatic heterocycles. The first kappa shape index (κ1) is 13.6. The van der Waals surface area contributed by atoms with Crippen molar-refractivity contribution in [3.63, 3.8) is 0 Å². The van der Waals surface area contributed by atoms with Crippen molar-refractivity contribution in [2.75, 3.05) is 4.90 Å². The van der Waals surface area contributed by atoms with E-state index in [0.717, 1.165) is 11.3 Å². The number of hydrogen-bond donors (Lipinski definition) is 0. The Balaban J connectivity index is 2.26. The van der Waals surface area contributed by atoms with E-state index in [9.17, 15) is 9.59 Å². The molecule has 21 heavy (non-hydrogen) atoms. The molecule has 0 saturated heterocycles. The van der Waals surface area contributed by atoms with E-state index in [-0.39, 0.29) is 11.7 Å². The van der Waals surface area contributed by atoms with Crippen LogP contribution in [0.4, 0.5) is 11.4 Å². The molecule has 2 aromatic carbocycles. The average molecular weight is 279 g/mol. The van der Waals surface area contributed by atoms with Gasteiger partial charge in [-0.05, 0) is 50.6 Å². The van der Waals surface area contributed by atoms with Gasteiger partial charge < -0.3 is 0 Å². The maximum atomic E-state index is 12.8. The number of para-hydroxylation sites is 1. The molecule has 0 bridgehead atoms. The van der Waals surface area contributed by atoms with Crippen LogP contribution in [0.2, 0.25) is 0 Å². The van der Waals surface area contributed by atoms with Crippen molar-refractivity contribution in [3.8, 4) is 0 Å². The number of fused-ring (bicyclic) bond motifs is 1. The lowest BCUT2D eigenvalue weighted by Gasteiger charge is -2.37. The Kier molecular flexibility index (Phi) is 2.94. The summed E-state index contributed by atoms with van der Waals surface area (Å²) in [5.41, 5.74) is 2.10. The van der Waals surface area contributed by atoms with E-state index in [1.165, 1.54) is 0 Å². The zero-order valence-corrected chi connectivity index (χ0v) is 12.4. The molecule has 0 fully saturated rings. The molecule has 1 aliphatic rings. The summed E-state index contributed by atoms with van der Waals surface area (Å²) in [4.78, 5) is 27.0. The van der Waals surface area contributed by atoms with Gasteiger partial charge in [-0.15, -0.1) is 0 Å². The first-order valence-electron chi connectivity index (χ1n) is 6.98. The molecule has 1 heterocycles. The molecule has 0 radical (unpaired) electrons. The third kappa shape index (κ3) is 1.97. The number of anilines is 2. The Morgan fingerprint density at radius 2 is 1.67 bits per heavy atom. The quantitative estimate of drug-likeness (QED) is 0.743. The van der Waals surface area contributed by atoms with Crippen LogP contribution in [-0.2, 0) is 4.79 Å². The van der Waals surface area contributed by atoms with Gasteiger partial charge in [-0.1, -0.05) is 24.3 Å². The van der Waals surface area contributed by atoms with E-state index in [1.807, 2.05) is 49.4 Å². The van der Waals surface area contributed by atoms with Crippen LogP contribution in [0.15, 0.2) is 48.5 Å². The van der Waals surface area contributed by atoms with E-state index in [2.05, 4.69) is 0 Å². The summed E-state index contributed by atoms with van der Waals surface area (Å²) in [6.07, 6.45) is 0. The van der Waals surface area contributed by atoms with Crippen LogP contribution < -0.4 is 4.90 Å². The normalized spacial score (nSPS) is 16.8. The van der Waals surface area contributed by atoms with Gasteiger partial charge in [0.2, 0.25) is 5.91 Å². The molecule has 1 amide bonds. The Hall–Kier alpha value is -2.42. The van der Waals surface area contributed by atoms with E-state index in [1.54, 1.807) is 24.8 Å². The second-order valence-corrected chi connectivity index (χ2v) is 5.95. The fraction of sp³-hybridized carbons (Fsp3) is 0.222. The summed E-state index contributed by atoms with van der Waals surface area (Å²) in [7, 11) is 0. The molecule has 3 nitrogen and oxygen atoms in total. The number of amides is 1. The Labute approximate surface area is 124 Å². The van der Waals surface area contributed by atoms with Crippen LogP contribution in [0.3, 0.4) is 0 Å². The summed E-state index contributed by atoms with van der Waals surface area (Å²) in [5, 5.41) is 0. The van der Waals surface area contributed by atoms with Gasteiger partial charge in [0.1, 0.15) is 5.41 Å². The molecular formula is C18H17NO2. The number of aryl methyl sites for hydroxylation is 1. The second kappa shape index (κ2) is 4.55. The van der Waals surface area contributed by atoms with Crippen molar-refractivity contribution < 1.29 is 9.59 Å². The van der Waals surface area contributed by atoms with Crippen LogP contribution in [0.5, 0.6) is 0 Å². The molecule has 0 atom stereocenters. The van der Waals surface area contributed by atoms with Crippen LogP contribution in [0.25, 0.3) is 0 Å². The second-order valence-electron chi connectivity index (χ2n) is 5.95. The lowest BCUT2D eigenvalue weighted by Crippen LogP contribution is -2.47. The Morgan fingerprint density at radius 1 is 0.952 bits per heavy atom. The molecule has 0 aromatic heterocycles. The van der Waals surface area contributed by atoms with Crippen molar-refractivity contribution in [1.29, 1.82) is 0 Å². The SMILES string of the molecule is Cc1cccc(N2C(=O)C(C)(C)C(=O)c3ccccc32)c1. The largest absolute Gasteiger partial charge is 0.293 e. The van der Waals surface area contributed by atoms with Crippen molar-refractivity contribution >= 4 is 23.1 Å². The monoisotopic (exact) mass is 279 g/mol. The molecule has 0 spiro atoms. The van der Waals surface area contributed by atoms with Crippen LogP contribution in [0, 0.1) is 12.3 Å². The molecular weight excluding hydrogens is 262 g/mol. The highest BCUT2D eigenvalue weighted by Crippen LogP contribution is 2.41. The fourth-order valence-corrected chi connectivity index (χ4v) is 2.71. The summed E-state index contributed by atoms with van der Waals surface area (Å²) in [6, 6.07) is 15.0. The van der Waals surface area contributed by atoms with Gasteiger partial charge in [-0.3, -0.25) is 14.5 Å². The number of rotatable bonds is 1. The predicted molar refractivity (Wildman–Crippen MR) is 82.9 cm³/mol. The van der Waals surface area contributed by atoms with Gasteiger partial charge in [0.25, 0.3) is 0 Å². The highest BCUT2D eigenvalue weighted by molar-refractivity contribution is 6.26. The van der Waals surface area contributed by atoms with Crippen LogP contribution in [-0.4, -0.2) is 11.7 Å². The minimum atomic E-state index is -1.04. The Morgan fingerprint density at radius 3 is 2.38 bits per heavy atom. The Bertz CT molecular complexity index is 746. The number of benzene rings is 2. The number of ketones is 1. The smallest absolute Gasteiger partial charge is 0.245 e. The van der Waals surface area contributed by atoms with Crippen molar-refractivity contribution in [3.05, 3.63) is 59.7 Å². The van der Waals surface area contributed by atoms with Gasteiger partial charge in [0, 0.05) is 11.3 Å². The fourth-order valence-electron chi connectivity index (χ4n) is 2.71. The number of carbonyl (C=O) groups excluding carboxylic acids is 2.